The van der Waals surface area contributed by atoms with Crippen molar-refractivity contribution in [3.8, 4) is 11.3 Å². The summed E-state index contributed by atoms with van der Waals surface area (Å²) in [6.07, 6.45) is 6.75. The maximum Gasteiger partial charge on any atom is 0.0697 e. The van der Waals surface area contributed by atoms with Crippen LogP contribution in [0.3, 0.4) is 0 Å². The van der Waals surface area contributed by atoms with Gasteiger partial charge in [-0.3, -0.25) is 9.67 Å². The van der Waals surface area contributed by atoms with Crippen molar-refractivity contribution >= 4 is 0 Å². The zero-order chi connectivity index (χ0) is 13.7. The molecule has 0 spiro atoms. The summed E-state index contributed by atoms with van der Waals surface area (Å²) >= 11 is 0. The van der Waals surface area contributed by atoms with Crippen molar-refractivity contribution in [1.29, 1.82) is 0 Å². The average molecular weight is 258 g/mol. The zero-order valence-electron chi connectivity index (χ0n) is 11.9. The highest BCUT2D eigenvalue weighted by atomic mass is 15.3. The lowest BCUT2D eigenvalue weighted by molar-refractivity contribution is 0.587. The largest absolute Gasteiger partial charge is 0.310 e. The lowest BCUT2D eigenvalue weighted by Gasteiger charge is -2.10. The molecule has 19 heavy (non-hydrogen) atoms. The van der Waals surface area contributed by atoms with Crippen LogP contribution < -0.4 is 5.32 Å². The van der Waals surface area contributed by atoms with Crippen molar-refractivity contribution < 1.29 is 0 Å². The van der Waals surface area contributed by atoms with Crippen molar-refractivity contribution in [2.45, 2.75) is 46.3 Å². The molecular weight excluding hydrogens is 236 g/mol. The first-order valence-electron chi connectivity index (χ1n) is 6.90. The maximum absolute atomic E-state index is 4.36. The van der Waals surface area contributed by atoms with Crippen LogP contribution in [0, 0.1) is 0 Å². The minimum atomic E-state index is 0.481. The van der Waals surface area contributed by atoms with Gasteiger partial charge in [0.15, 0.2) is 0 Å². The molecule has 1 N–H and O–H groups in total. The van der Waals surface area contributed by atoms with E-state index in [4.69, 9.17) is 0 Å². The van der Waals surface area contributed by atoms with Crippen LogP contribution >= 0.6 is 0 Å². The normalized spacial score (nSPS) is 11.2. The molecule has 0 radical (unpaired) electrons. The number of nitrogens with one attached hydrogen (secondary N) is 1. The first-order valence-corrected chi connectivity index (χ1v) is 6.90. The summed E-state index contributed by atoms with van der Waals surface area (Å²) in [7, 11) is 0. The predicted octanol–water partition coefficient (Wildman–Crippen LogP) is 2.85. The second-order valence-electron chi connectivity index (χ2n) is 5.06. The Morgan fingerprint density at radius 3 is 2.89 bits per heavy atom. The van der Waals surface area contributed by atoms with E-state index in [9.17, 15) is 0 Å². The third-order valence-corrected chi connectivity index (χ3v) is 2.96. The third kappa shape index (κ3) is 3.64. The van der Waals surface area contributed by atoms with Gasteiger partial charge in [0.2, 0.25) is 0 Å². The fourth-order valence-corrected chi connectivity index (χ4v) is 2.01. The quantitative estimate of drug-likeness (QED) is 0.866. The van der Waals surface area contributed by atoms with E-state index >= 15 is 0 Å². The van der Waals surface area contributed by atoms with Gasteiger partial charge in [0.05, 0.1) is 5.69 Å². The molecule has 0 bridgehead atoms. The molecule has 0 saturated carbocycles. The van der Waals surface area contributed by atoms with Crippen LogP contribution in [0.2, 0.25) is 0 Å². The molecule has 0 aliphatic carbocycles. The van der Waals surface area contributed by atoms with Gasteiger partial charge in [-0.25, -0.2) is 0 Å². The maximum atomic E-state index is 4.36. The minimum absolute atomic E-state index is 0.481. The van der Waals surface area contributed by atoms with Crippen LogP contribution in [0.5, 0.6) is 0 Å². The number of nitrogens with zero attached hydrogens (tertiary/aromatic N) is 3. The first-order chi connectivity index (χ1) is 9.20. The molecule has 4 heteroatoms. The van der Waals surface area contributed by atoms with Crippen LogP contribution in [0.4, 0.5) is 0 Å². The Labute approximate surface area is 114 Å². The molecule has 4 nitrogen and oxygen atoms in total. The van der Waals surface area contributed by atoms with Gasteiger partial charge in [-0.1, -0.05) is 20.8 Å². The van der Waals surface area contributed by atoms with Crippen LogP contribution in [0.15, 0.2) is 30.7 Å². The molecule has 0 unspecified atom stereocenters. The predicted molar refractivity (Wildman–Crippen MR) is 77.7 cm³/mol. The van der Waals surface area contributed by atoms with Crippen LogP contribution in [-0.2, 0) is 13.1 Å². The van der Waals surface area contributed by atoms with E-state index < -0.39 is 0 Å². The fourth-order valence-electron chi connectivity index (χ4n) is 2.01. The SMILES string of the molecule is CCCn1nccc1-c1cncc(CNC(C)C)c1. The molecule has 0 saturated heterocycles. The van der Waals surface area contributed by atoms with E-state index in [2.05, 4.69) is 42.2 Å². The number of hydrogen-bond acceptors (Lipinski definition) is 3. The van der Waals surface area contributed by atoms with Gasteiger partial charge in [0.25, 0.3) is 0 Å². The molecule has 102 valence electrons. The van der Waals surface area contributed by atoms with Gasteiger partial charge in [-0.05, 0) is 24.1 Å². The van der Waals surface area contributed by atoms with E-state index in [1.54, 1.807) is 0 Å². The summed E-state index contributed by atoms with van der Waals surface area (Å²) in [6.45, 7) is 8.24. The van der Waals surface area contributed by atoms with Gasteiger partial charge in [0, 0.05) is 43.3 Å². The summed E-state index contributed by atoms with van der Waals surface area (Å²) < 4.78 is 2.04. The Morgan fingerprint density at radius 1 is 1.32 bits per heavy atom. The summed E-state index contributed by atoms with van der Waals surface area (Å²) in [5.41, 5.74) is 3.48. The van der Waals surface area contributed by atoms with E-state index in [-0.39, 0.29) is 0 Å². The van der Waals surface area contributed by atoms with Crippen LogP contribution in [0.1, 0.15) is 32.8 Å². The molecule has 0 amide bonds. The lowest BCUT2D eigenvalue weighted by Crippen LogP contribution is -2.21. The van der Waals surface area contributed by atoms with Gasteiger partial charge < -0.3 is 5.32 Å². The number of aromatic nitrogens is 3. The highest BCUT2D eigenvalue weighted by Gasteiger charge is 2.06. The molecule has 2 aromatic heterocycles. The Bertz CT molecular complexity index is 516. The molecule has 0 fully saturated rings. The summed E-state index contributed by atoms with van der Waals surface area (Å²) in [6, 6.07) is 4.71. The fraction of sp³-hybridized carbons (Fsp3) is 0.467. The molecule has 2 aromatic rings. The minimum Gasteiger partial charge on any atom is -0.310 e. The molecule has 0 atom stereocenters. The molecule has 2 rings (SSSR count). The molecule has 0 aliphatic rings. The first kappa shape index (κ1) is 13.7. The van der Waals surface area contributed by atoms with Gasteiger partial charge in [-0.15, -0.1) is 0 Å². The Kier molecular flexibility index (Phi) is 4.68. The Hall–Kier alpha value is -1.68. The summed E-state index contributed by atoms with van der Waals surface area (Å²) in [5, 5.41) is 7.77. The number of aryl methyl sites for hydroxylation is 1. The molecule has 0 aromatic carbocycles. The topological polar surface area (TPSA) is 42.7 Å². The van der Waals surface area contributed by atoms with Crippen molar-refractivity contribution in [2.24, 2.45) is 0 Å². The van der Waals surface area contributed by atoms with Crippen molar-refractivity contribution in [1.82, 2.24) is 20.1 Å². The average Bonchev–Trinajstić information content (AvgIpc) is 2.85. The highest BCUT2D eigenvalue weighted by molar-refractivity contribution is 5.58. The highest BCUT2D eigenvalue weighted by Crippen LogP contribution is 2.19. The van der Waals surface area contributed by atoms with Crippen molar-refractivity contribution in [3.63, 3.8) is 0 Å². The Balaban J connectivity index is 2.20. The van der Waals surface area contributed by atoms with E-state index in [0.717, 1.165) is 30.8 Å². The van der Waals surface area contributed by atoms with Crippen LogP contribution in [0.25, 0.3) is 11.3 Å². The number of rotatable bonds is 6. The van der Waals surface area contributed by atoms with Gasteiger partial charge in [0.1, 0.15) is 0 Å². The van der Waals surface area contributed by atoms with Gasteiger partial charge >= 0.3 is 0 Å². The van der Waals surface area contributed by atoms with Crippen molar-refractivity contribution in [2.75, 3.05) is 0 Å². The lowest BCUT2D eigenvalue weighted by atomic mass is 10.1. The van der Waals surface area contributed by atoms with E-state index in [1.807, 2.05) is 29.3 Å². The smallest absolute Gasteiger partial charge is 0.0697 e. The van der Waals surface area contributed by atoms with E-state index in [1.165, 1.54) is 5.56 Å². The molecule has 0 aliphatic heterocycles. The summed E-state index contributed by atoms with van der Waals surface area (Å²) in [4.78, 5) is 4.34. The summed E-state index contributed by atoms with van der Waals surface area (Å²) in [5.74, 6) is 0. The Morgan fingerprint density at radius 2 is 2.16 bits per heavy atom. The standard InChI is InChI=1S/C15H22N4/c1-4-7-19-15(5-6-18-19)14-8-13(9-16-11-14)10-17-12(2)3/h5-6,8-9,11-12,17H,4,7,10H2,1-3H3. The second kappa shape index (κ2) is 6.48. The van der Waals surface area contributed by atoms with Crippen LogP contribution in [-0.4, -0.2) is 20.8 Å². The van der Waals surface area contributed by atoms with Crippen molar-refractivity contribution in [3.05, 3.63) is 36.3 Å². The monoisotopic (exact) mass is 258 g/mol. The number of hydrogen-bond donors (Lipinski definition) is 1. The third-order valence-electron chi connectivity index (χ3n) is 2.96. The van der Waals surface area contributed by atoms with E-state index in [0.29, 0.717) is 6.04 Å². The zero-order valence-corrected chi connectivity index (χ0v) is 11.9. The van der Waals surface area contributed by atoms with Gasteiger partial charge in [-0.2, -0.15) is 5.10 Å². The number of pyridine rings is 1. The second-order valence-corrected chi connectivity index (χ2v) is 5.06. The molecular formula is C15H22N4. The molecule has 2 heterocycles.